The van der Waals surface area contributed by atoms with Gasteiger partial charge >= 0.3 is 0 Å². The van der Waals surface area contributed by atoms with Gasteiger partial charge in [-0.15, -0.1) is 0 Å². The van der Waals surface area contributed by atoms with Crippen molar-refractivity contribution in [3.8, 4) is 6.07 Å². The van der Waals surface area contributed by atoms with E-state index in [1.807, 2.05) is 0 Å². The molecule has 1 heterocycles. The number of rotatable bonds is 1. The molecule has 2 aromatic rings. The Bertz CT molecular complexity index is 629. The van der Waals surface area contributed by atoms with E-state index in [9.17, 15) is 9.90 Å². The molecule has 5 nitrogen and oxygen atoms in total. The van der Waals surface area contributed by atoms with Crippen molar-refractivity contribution in [2.45, 2.75) is 0 Å². The number of aromatic carboxylic acids is 1. The molecule has 0 saturated heterocycles. The van der Waals surface area contributed by atoms with Crippen molar-refractivity contribution in [3.63, 3.8) is 0 Å². The number of pyridine rings is 1. The standard InChI is InChI=1S/C11H7N3O2/c12-5-7-9(11(15)16)6-3-1-2-4-8(6)14-10(7)13/h1-4H,(H2,13,14)(H,15,16)/p-1. The van der Waals surface area contributed by atoms with Crippen LogP contribution in [0.15, 0.2) is 24.3 Å². The Morgan fingerprint density at radius 2 is 2.12 bits per heavy atom. The van der Waals surface area contributed by atoms with Gasteiger partial charge in [0.05, 0.1) is 11.5 Å². The highest BCUT2D eigenvalue weighted by Crippen LogP contribution is 2.23. The van der Waals surface area contributed by atoms with E-state index in [0.29, 0.717) is 10.9 Å². The maximum Gasteiger partial charge on any atom is 0.142 e. The van der Waals surface area contributed by atoms with Crippen LogP contribution in [0.4, 0.5) is 5.82 Å². The normalized spacial score (nSPS) is 9.94. The van der Waals surface area contributed by atoms with Gasteiger partial charge in [0, 0.05) is 10.9 Å². The Morgan fingerprint density at radius 1 is 1.44 bits per heavy atom. The number of carboxylic acid groups (broad SMARTS) is 1. The molecule has 78 valence electrons. The summed E-state index contributed by atoms with van der Waals surface area (Å²) < 4.78 is 0. The summed E-state index contributed by atoms with van der Waals surface area (Å²) in [4.78, 5) is 15.0. The summed E-state index contributed by atoms with van der Waals surface area (Å²) in [6.07, 6.45) is 0. The van der Waals surface area contributed by atoms with Crippen LogP contribution in [0.3, 0.4) is 0 Å². The Balaban J connectivity index is 3.00. The van der Waals surface area contributed by atoms with Crippen molar-refractivity contribution in [2.75, 3.05) is 5.73 Å². The van der Waals surface area contributed by atoms with Crippen molar-refractivity contribution >= 4 is 22.7 Å². The Kier molecular flexibility index (Phi) is 2.18. The number of anilines is 1. The Labute approximate surface area is 90.8 Å². The number of nitrogens with two attached hydrogens (primary N) is 1. The largest absolute Gasteiger partial charge is 0.545 e. The highest BCUT2D eigenvalue weighted by Gasteiger charge is 2.13. The van der Waals surface area contributed by atoms with Gasteiger partial charge in [0.2, 0.25) is 0 Å². The summed E-state index contributed by atoms with van der Waals surface area (Å²) in [5, 5.41) is 20.2. The van der Waals surface area contributed by atoms with Gasteiger partial charge in [0.25, 0.3) is 0 Å². The van der Waals surface area contributed by atoms with Crippen LogP contribution in [0.25, 0.3) is 10.9 Å². The lowest BCUT2D eigenvalue weighted by Crippen LogP contribution is -2.24. The first-order valence-corrected chi connectivity index (χ1v) is 4.45. The number of carboxylic acids is 1. The first-order chi connectivity index (χ1) is 7.65. The summed E-state index contributed by atoms with van der Waals surface area (Å²) >= 11 is 0. The van der Waals surface area contributed by atoms with Gasteiger partial charge in [0.15, 0.2) is 0 Å². The third kappa shape index (κ3) is 1.33. The maximum atomic E-state index is 11.0. The number of carbonyl (C=O) groups excluding carboxylic acids is 1. The van der Waals surface area contributed by atoms with Gasteiger partial charge in [-0.2, -0.15) is 5.26 Å². The molecule has 0 aliphatic carbocycles. The average molecular weight is 212 g/mol. The lowest BCUT2D eigenvalue weighted by molar-refractivity contribution is -0.254. The number of benzene rings is 1. The van der Waals surface area contributed by atoms with Crippen LogP contribution in [0, 0.1) is 11.3 Å². The quantitative estimate of drug-likeness (QED) is 0.719. The number of hydrogen-bond acceptors (Lipinski definition) is 5. The van der Waals surface area contributed by atoms with E-state index in [4.69, 9.17) is 11.0 Å². The number of aromatic nitrogens is 1. The second-order valence-electron chi connectivity index (χ2n) is 3.16. The van der Waals surface area contributed by atoms with E-state index in [2.05, 4.69) is 4.98 Å². The topological polar surface area (TPSA) is 103 Å². The third-order valence-corrected chi connectivity index (χ3v) is 2.24. The highest BCUT2D eigenvalue weighted by molar-refractivity contribution is 6.05. The first kappa shape index (κ1) is 9.93. The molecule has 0 unspecified atom stereocenters. The van der Waals surface area contributed by atoms with E-state index in [0.717, 1.165) is 0 Å². The third-order valence-electron chi connectivity index (χ3n) is 2.24. The average Bonchev–Trinajstić information content (AvgIpc) is 2.26. The van der Waals surface area contributed by atoms with E-state index < -0.39 is 5.97 Å². The molecule has 0 radical (unpaired) electrons. The van der Waals surface area contributed by atoms with Crippen molar-refractivity contribution in [2.24, 2.45) is 0 Å². The number of fused-ring (bicyclic) bond motifs is 1. The molecule has 1 aromatic carbocycles. The molecular formula is C11H6N3O2-. The van der Waals surface area contributed by atoms with Crippen LogP contribution >= 0.6 is 0 Å². The number of hydrogen-bond donors (Lipinski definition) is 1. The van der Waals surface area contributed by atoms with E-state index >= 15 is 0 Å². The van der Waals surface area contributed by atoms with E-state index in [1.165, 1.54) is 0 Å². The van der Waals surface area contributed by atoms with Crippen LogP contribution in [0.2, 0.25) is 0 Å². The van der Waals surface area contributed by atoms with Gasteiger partial charge < -0.3 is 15.6 Å². The van der Waals surface area contributed by atoms with Gasteiger partial charge in [-0.3, -0.25) is 0 Å². The summed E-state index contributed by atoms with van der Waals surface area (Å²) in [6, 6.07) is 8.29. The minimum Gasteiger partial charge on any atom is -0.545 e. The second kappa shape index (κ2) is 3.51. The minimum absolute atomic E-state index is 0.0969. The fourth-order valence-corrected chi connectivity index (χ4v) is 1.56. The fourth-order valence-electron chi connectivity index (χ4n) is 1.56. The molecule has 0 aliphatic rings. The minimum atomic E-state index is -1.43. The molecule has 2 N–H and O–H groups in total. The summed E-state index contributed by atoms with van der Waals surface area (Å²) in [6.45, 7) is 0. The molecule has 0 amide bonds. The number of nitriles is 1. The van der Waals surface area contributed by atoms with Crippen molar-refractivity contribution < 1.29 is 9.90 Å². The van der Waals surface area contributed by atoms with Gasteiger partial charge in [0.1, 0.15) is 17.5 Å². The van der Waals surface area contributed by atoms with Gasteiger partial charge in [-0.25, -0.2) is 4.98 Å². The van der Waals surface area contributed by atoms with Crippen LogP contribution in [-0.2, 0) is 0 Å². The zero-order valence-electron chi connectivity index (χ0n) is 8.10. The van der Waals surface area contributed by atoms with Crippen molar-refractivity contribution in [3.05, 3.63) is 35.4 Å². The molecule has 0 aliphatic heterocycles. The molecule has 2 rings (SSSR count). The highest BCUT2D eigenvalue weighted by atomic mass is 16.4. The summed E-state index contributed by atoms with van der Waals surface area (Å²) in [5.74, 6) is -1.53. The van der Waals surface area contributed by atoms with E-state index in [-0.39, 0.29) is 16.9 Å². The molecular weight excluding hydrogens is 206 g/mol. The molecule has 0 spiro atoms. The predicted molar refractivity (Wildman–Crippen MR) is 55.2 cm³/mol. The second-order valence-corrected chi connectivity index (χ2v) is 3.16. The van der Waals surface area contributed by atoms with Crippen LogP contribution in [-0.4, -0.2) is 11.0 Å². The number of para-hydroxylation sites is 1. The number of nitrogen functional groups attached to an aromatic ring is 1. The molecule has 0 saturated carbocycles. The molecule has 0 fully saturated rings. The first-order valence-electron chi connectivity index (χ1n) is 4.45. The molecule has 0 bridgehead atoms. The zero-order valence-corrected chi connectivity index (χ0v) is 8.10. The van der Waals surface area contributed by atoms with Crippen LogP contribution in [0.1, 0.15) is 15.9 Å². The Morgan fingerprint density at radius 3 is 2.75 bits per heavy atom. The fraction of sp³-hybridized carbons (Fsp3) is 0. The molecule has 0 atom stereocenters. The number of carbonyl (C=O) groups is 1. The van der Waals surface area contributed by atoms with Gasteiger partial charge in [-0.05, 0) is 6.07 Å². The summed E-state index contributed by atoms with van der Waals surface area (Å²) in [7, 11) is 0. The zero-order chi connectivity index (χ0) is 11.7. The molecule has 5 heteroatoms. The lowest BCUT2D eigenvalue weighted by Gasteiger charge is -2.10. The maximum absolute atomic E-state index is 11.0. The number of nitrogens with zero attached hydrogens (tertiary/aromatic N) is 2. The van der Waals surface area contributed by atoms with Crippen LogP contribution in [0.5, 0.6) is 0 Å². The summed E-state index contributed by atoms with van der Waals surface area (Å²) in [5.41, 5.74) is 5.58. The smallest absolute Gasteiger partial charge is 0.142 e. The SMILES string of the molecule is N#Cc1c(N)nc2ccccc2c1C(=O)[O-]. The van der Waals surface area contributed by atoms with Crippen molar-refractivity contribution in [1.82, 2.24) is 4.98 Å². The Hall–Kier alpha value is -2.61. The predicted octanol–water partition coefficient (Wildman–Crippen LogP) is 0.0522. The van der Waals surface area contributed by atoms with Crippen LogP contribution < -0.4 is 10.8 Å². The van der Waals surface area contributed by atoms with E-state index in [1.54, 1.807) is 30.3 Å². The van der Waals surface area contributed by atoms with Gasteiger partial charge in [-0.1, -0.05) is 18.2 Å². The molecule has 1 aromatic heterocycles. The lowest BCUT2D eigenvalue weighted by atomic mass is 10.0. The van der Waals surface area contributed by atoms with Crippen molar-refractivity contribution in [1.29, 1.82) is 5.26 Å². The molecule has 16 heavy (non-hydrogen) atoms. The monoisotopic (exact) mass is 212 g/mol.